The highest BCUT2D eigenvalue weighted by molar-refractivity contribution is 5.89. The number of aliphatic carboxylic acids is 1. The molecule has 1 aromatic carbocycles. The first-order chi connectivity index (χ1) is 6.09. The van der Waals surface area contributed by atoms with E-state index >= 15 is 0 Å². The predicted octanol–water partition coefficient (Wildman–Crippen LogP) is 1.25. The molecule has 1 aromatic rings. The third-order valence-electron chi connectivity index (χ3n) is 1.43. The SMILES string of the molecule is Nc1cccc(C=C(O)C(=O)O)c1. The van der Waals surface area contributed by atoms with E-state index in [-0.39, 0.29) is 0 Å². The summed E-state index contributed by atoms with van der Waals surface area (Å²) in [5.41, 5.74) is 6.53. The van der Waals surface area contributed by atoms with E-state index < -0.39 is 11.7 Å². The molecular formula is C9H9NO3. The van der Waals surface area contributed by atoms with Gasteiger partial charge in [0.05, 0.1) is 0 Å². The van der Waals surface area contributed by atoms with Crippen molar-refractivity contribution in [2.75, 3.05) is 5.73 Å². The molecule has 0 aliphatic carbocycles. The lowest BCUT2D eigenvalue weighted by atomic mass is 10.2. The van der Waals surface area contributed by atoms with Crippen molar-refractivity contribution in [1.82, 2.24) is 0 Å². The molecule has 0 saturated carbocycles. The number of nitrogen functional groups attached to an aromatic ring is 1. The van der Waals surface area contributed by atoms with Gasteiger partial charge in [0.2, 0.25) is 5.76 Å². The van der Waals surface area contributed by atoms with E-state index in [2.05, 4.69) is 0 Å². The van der Waals surface area contributed by atoms with E-state index in [1.54, 1.807) is 24.3 Å². The lowest BCUT2D eigenvalue weighted by Gasteiger charge is -1.96. The smallest absolute Gasteiger partial charge is 0.370 e. The number of hydrogen-bond acceptors (Lipinski definition) is 3. The fourth-order valence-electron chi connectivity index (χ4n) is 0.868. The zero-order valence-corrected chi connectivity index (χ0v) is 6.77. The van der Waals surface area contributed by atoms with Crippen molar-refractivity contribution in [3.63, 3.8) is 0 Å². The summed E-state index contributed by atoms with van der Waals surface area (Å²) >= 11 is 0. The lowest BCUT2D eigenvalue weighted by Crippen LogP contribution is -1.98. The second-order valence-corrected chi connectivity index (χ2v) is 2.50. The Labute approximate surface area is 74.9 Å². The van der Waals surface area contributed by atoms with Crippen LogP contribution < -0.4 is 5.73 Å². The molecule has 0 bridgehead atoms. The third-order valence-corrected chi connectivity index (χ3v) is 1.43. The molecule has 0 aliphatic heterocycles. The number of nitrogens with two attached hydrogens (primary N) is 1. The first-order valence-corrected chi connectivity index (χ1v) is 3.59. The molecule has 0 atom stereocenters. The van der Waals surface area contributed by atoms with Gasteiger partial charge in [-0.1, -0.05) is 12.1 Å². The minimum atomic E-state index is -1.36. The van der Waals surface area contributed by atoms with Crippen LogP contribution in [0.25, 0.3) is 6.08 Å². The van der Waals surface area contributed by atoms with Gasteiger partial charge in [0.15, 0.2) is 0 Å². The van der Waals surface area contributed by atoms with Gasteiger partial charge in [0.1, 0.15) is 0 Å². The molecule has 4 N–H and O–H groups in total. The Kier molecular flexibility index (Phi) is 2.54. The van der Waals surface area contributed by atoms with Gasteiger partial charge in [-0.2, -0.15) is 0 Å². The number of anilines is 1. The molecule has 0 saturated heterocycles. The fourth-order valence-corrected chi connectivity index (χ4v) is 0.868. The Morgan fingerprint density at radius 2 is 2.08 bits per heavy atom. The highest BCUT2D eigenvalue weighted by atomic mass is 16.4. The fraction of sp³-hybridized carbons (Fsp3) is 0. The molecule has 0 aromatic heterocycles. The average Bonchev–Trinajstić information content (AvgIpc) is 2.04. The predicted molar refractivity (Wildman–Crippen MR) is 49.1 cm³/mol. The number of carbonyl (C=O) groups is 1. The maximum Gasteiger partial charge on any atom is 0.370 e. The van der Waals surface area contributed by atoms with Crippen LogP contribution in [0.2, 0.25) is 0 Å². The second kappa shape index (κ2) is 3.62. The number of carboxylic acid groups (broad SMARTS) is 1. The van der Waals surface area contributed by atoms with Crippen LogP contribution in [0.4, 0.5) is 5.69 Å². The average molecular weight is 179 g/mol. The molecule has 0 heterocycles. The molecule has 0 unspecified atom stereocenters. The van der Waals surface area contributed by atoms with Gasteiger partial charge in [-0.15, -0.1) is 0 Å². The molecular weight excluding hydrogens is 170 g/mol. The van der Waals surface area contributed by atoms with Crippen LogP contribution in [-0.4, -0.2) is 16.2 Å². The van der Waals surface area contributed by atoms with Gasteiger partial charge in [0.25, 0.3) is 0 Å². The van der Waals surface area contributed by atoms with Gasteiger partial charge < -0.3 is 15.9 Å². The molecule has 68 valence electrons. The zero-order chi connectivity index (χ0) is 9.84. The van der Waals surface area contributed by atoms with Gasteiger partial charge >= 0.3 is 5.97 Å². The van der Waals surface area contributed by atoms with E-state index in [9.17, 15) is 4.79 Å². The molecule has 0 aliphatic rings. The Hall–Kier alpha value is -1.97. The number of aliphatic hydroxyl groups excluding tert-OH is 1. The number of rotatable bonds is 2. The maximum atomic E-state index is 10.2. The molecule has 4 nitrogen and oxygen atoms in total. The van der Waals surface area contributed by atoms with Crippen LogP contribution in [0.5, 0.6) is 0 Å². The summed E-state index contributed by atoms with van der Waals surface area (Å²) in [5, 5.41) is 17.3. The molecule has 0 radical (unpaired) electrons. The van der Waals surface area contributed by atoms with Crippen molar-refractivity contribution >= 4 is 17.7 Å². The molecule has 0 amide bonds. The van der Waals surface area contributed by atoms with Crippen molar-refractivity contribution < 1.29 is 15.0 Å². The summed E-state index contributed by atoms with van der Waals surface area (Å²) < 4.78 is 0. The van der Waals surface area contributed by atoms with Gasteiger partial charge in [-0.05, 0) is 23.8 Å². The van der Waals surface area contributed by atoms with Crippen LogP contribution in [-0.2, 0) is 4.79 Å². The summed E-state index contributed by atoms with van der Waals surface area (Å²) in [6.45, 7) is 0. The highest BCUT2D eigenvalue weighted by Crippen LogP contribution is 2.09. The molecule has 13 heavy (non-hydrogen) atoms. The zero-order valence-electron chi connectivity index (χ0n) is 6.77. The third kappa shape index (κ3) is 2.52. The quantitative estimate of drug-likeness (QED) is 0.362. The number of hydrogen-bond donors (Lipinski definition) is 3. The minimum Gasteiger partial charge on any atom is -0.502 e. The summed E-state index contributed by atoms with van der Waals surface area (Å²) in [6, 6.07) is 6.57. The van der Waals surface area contributed by atoms with Gasteiger partial charge in [0, 0.05) is 5.69 Å². The van der Waals surface area contributed by atoms with Crippen LogP contribution in [0.15, 0.2) is 30.0 Å². The Morgan fingerprint density at radius 3 is 2.62 bits per heavy atom. The standard InChI is InChI=1S/C9H9NO3/c10-7-3-1-2-6(4-7)5-8(11)9(12)13/h1-5,11H,10H2,(H,12,13). The number of aliphatic hydroxyl groups is 1. The van der Waals surface area contributed by atoms with Crippen LogP contribution in [0, 0.1) is 0 Å². The second-order valence-electron chi connectivity index (χ2n) is 2.50. The van der Waals surface area contributed by atoms with Crippen molar-refractivity contribution in [3.05, 3.63) is 35.6 Å². The number of benzene rings is 1. The van der Waals surface area contributed by atoms with E-state index in [1.807, 2.05) is 0 Å². The lowest BCUT2D eigenvalue weighted by molar-refractivity contribution is -0.135. The van der Waals surface area contributed by atoms with Crippen LogP contribution in [0.1, 0.15) is 5.56 Å². The Balaban J connectivity index is 2.97. The van der Waals surface area contributed by atoms with Gasteiger partial charge in [-0.25, -0.2) is 4.79 Å². The first kappa shape index (κ1) is 9.12. The van der Waals surface area contributed by atoms with Crippen LogP contribution in [0.3, 0.4) is 0 Å². The number of carboxylic acids is 1. The monoisotopic (exact) mass is 179 g/mol. The van der Waals surface area contributed by atoms with Crippen molar-refractivity contribution in [3.8, 4) is 0 Å². The largest absolute Gasteiger partial charge is 0.502 e. The highest BCUT2D eigenvalue weighted by Gasteiger charge is 2.02. The van der Waals surface area contributed by atoms with Crippen molar-refractivity contribution in [2.24, 2.45) is 0 Å². The maximum absolute atomic E-state index is 10.2. The summed E-state index contributed by atoms with van der Waals surface area (Å²) in [7, 11) is 0. The summed E-state index contributed by atoms with van der Waals surface area (Å²) in [4.78, 5) is 10.2. The summed E-state index contributed by atoms with van der Waals surface area (Å²) in [5.74, 6) is -2.06. The van der Waals surface area contributed by atoms with Crippen molar-refractivity contribution in [1.29, 1.82) is 0 Å². The van der Waals surface area contributed by atoms with Crippen LogP contribution >= 0.6 is 0 Å². The minimum absolute atomic E-state index is 0.520. The Morgan fingerprint density at radius 1 is 1.38 bits per heavy atom. The molecule has 4 heteroatoms. The van der Waals surface area contributed by atoms with Gasteiger partial charge in [-0.3, -0.25) is 0 Å². The molecule has 0 fully saturated rings. The normalized spacial score (nSPS) is 11.2. The van der Waals surface area contributed by atoms with E-state index in [4.69, 9.17) is 15.9 Å². The van der Waals surface area contributed by atoms with Crippen molar-refractivity contribution in [2.45, 2.75) is 0 Å². The van der Waals surface area contributed by atoms with E-state index in [0.29, 0.717) is 11.3 Å². The Bertz CT molecular complexity index is 358. The molecule has 1 rings (SSSR count). The van der Waals surface area contributed by atoms with E-state index in [1.165, 1.54) is 0 Å². The summed E-state index contributed by atoms with van der Waals surface area (Å²) in [6.07, 6.45) is 1.14. The first-order valence-electron chi connectivity index (χ1n) is 3.59. The molecule has 0 spiro atoms. The van der Waals surface area contributed by atoms with E-state index in [0.717, 1.165) is 6.08 Å². The topological polar surface area (TPSA) is 83.5 Å².